The molecule has 116 valence electrons. The Kier molecular flexibility index (Phi) is 11.8. The van der Waals surface area contributed by atoms with Crippen molar-refractivity contribution >= 4 is 0 Å². The molecule has 19 heavy (non-hydrogen) atoms. The maximum absolute atomic E-state index is 2.45. The van der Waals surface area contributed by atoms with Gasteiger partial charge in [-0.2, -0.15) is 0 Å². The summed E-state index contributed by atoms with van der Waals surface area (Å²) in [5.74, 6) is 3.66. The third kappa shape index (κ3) is 14.2. The molecule has 0 aromatic heterocycles. The maximum Gasteiger partial charge on any atom is -0.0443 e. The molecule has 0 aliphatic heterocycles. The summed E-state index contributed by atoms with van der Waals surface area (Å²) in [6.07, 6.45) is 12.9. The summed E-state index contributed by atoms with van der Waals surface area (Å²) < 4.78 is 0. The van der Waals surface area contributed by atoms with Crippen molar-refractivity contribution in [3.05, 3.63) is 0 Å². The number of rotatable bonds is 12. The zero-order valence-corrected chi connectivity index (χ0v) is 14.7. The van der Waals surface area contributed by atoms with E-state index in [0.29, 0.717) is 0 Å². The van der Waals surface area contributed by atoms with Crippen LogP contribution in [0.1, 0.15) is 99.3 Å². The van der Waals surface area contributed by atoms with Crippen molar-refractivity contribution in [1.82, 2.24) is 0 Å². The lowest BCUT2D eigenvalue weighted by Gasteiger charge is -2.15. The van der Waals surface area contributed by atoms with Gasteiger partial charge in [0.15, 0.2) is 0 Å². The van der Waals surface area contributed by atoms with Gasteiger partial charge in [-0.15, -0.1) is 0 Å². The third-order valence-corrected chi connectivity index (χ3v) is 4.35. The monoisotopic (exact) mass is 268 g/mol. The molecular formula is C19H40. The van der Waals surface area contributed by atoms with Crippen LogP contribution in [0.5, 0.6) is 0 Å². The van der Waals surface area contributed by atoms with Crippen LogP contribution in [0.4, 0.5) is 0 Å². The van der Waals surface area contributed by atoms with E-state index in [9.17, 15) is 0 Å². The predicted molar refractivity (Wildman–Crippen MR) is 89.6 cm³/mol. The Morgan fingerprint density at radius 2 is 0.684 bits per heavy atom. The fourth-order valence-corrected chi connectivity index (χ4v) is 2.85. The first-order valence-electron chi connectivity index (χ1n) is 8.91. The molecular weight excluding hydrogens is 228 g/mol. The summed E-state index contributed by atoms with van der Waals surface area (Å²) in [6.45, 7) is 14.2. The van der Waals surface area contributed by atoms with Gasteiger partial charge in [0.2, 0.25) is 0 Å². The Morgan fingerprint density at radius 1 is 0.421 bits per heavy atom. The Hall–Kier alpha value is 0. The fourth-order valence-electron chi connectivity index (χ4n) is 2.85. The van der Waals surface area contributed by atoms with Crippen LogP contribution in [0.25, 0.3) is 0 Å². The second-order valence-electron chi connectivity index (χ2n) is 7.79. The van der Waals surface area contributed by atoms with Crippen molar-refractivity contribution < 1.29 is 0 Å². The molecule has 0 heteroatoms. The third-order valence-electron chi connectivity index (χ3n) is 4.35. The Balaban J connectivity index is 3.40. The van der Waals surface area contributed by atoms with E-state index < -0.39 is 0 Å². The van der Waals surface area contributed by atoms with Crippen LogP contribution < -0.4 is 0 Å². The van der Waals surface area contributed by atoms with Crippen LogP contribution in [-0.2, 0) is 0 Å². The molecule has 0 radical (unpaired) electrons. The topological polar surface area (TPSA) is 0 Å². The largest absolute Gasteiger partial charge is 0.0628 e. The molecule has 0 aliphatic carbocycles. The second-order valence-corrected chi connectivity index (χ2v) is 7.79. The van der Waals surface area contributed by atoms with Crippen molar-refractivity contribution in [2.75, 3.05) is 0 Å². The molecule has 2 atom stereocenters. The summed E-state index contributed by atoms with van der Waals surface area (Å²) >= 11 is 0. The van der Waals surface area contributed by atoms with Crippen LogP contribution in [0.15, 0.2) is 0 Å². The molecule has 0 fully saturated rings. The smallest absolute Gasteiger partial charge is 0.0443 e. The average Bonchev–Trinajstić information content (AvgIpc) is 2.27. The minimum absolute atomic E-state index is 0.883. The molecule has 0 aromatic carbocycles. The maximum atomic E-state index is 2.45. The molecule has 0 unspecified atom stereocenters. The summed E-state index contributed by atoms with van der Waals surface area (Å²) in [5, 5.41) is 0. The minimum Gasteiger partial charge on any atom is -0.0628 e. The first kappa shape index (κ1) is 19.0. The average molecular weight is 269 g/mol. The normalized spacial score (nSPS) is 15.2. The van der Waals surface area contributed by atoms with Crippen LogP contribution >= 0.6 is 0 Å². The zero-order chi connectivity index (χ0) is 14.7. The SMILES string of the molecule is CC(C)CCC[C@@H](C)CCC[C@H](C)CCCC(C)C. The van der Waals surface area contributed by atoms with Gasteiger partial charge in [0, 0.05) is 0 Å². The van der Waals surface area contributed by atoms with Gasteiger partial charge in [0.05, 0.1) is 0 Å². The van der Waals surface area contributed by atoms with E-state index in [1.54, 1.807) is 0 Å². The van der Waals surface area contributed by atoms with E-state index in [2.05, 4.69) is 41.5 Å². The Labute approximate surface area is 123 Å². The Morgan fingerprint density at radius 3 is 0.947 bits per heavy atom. The molecule has 0 saturated heterocycles. The lowest BCUT2D eigenvalue weighted by molar-refractivity contribution is 0.381. The quantitative estimate of drug-likeness (QED) is 0.354. The van der Waals surface area contributed by atoms with E-state index in [1.165, 1.54) is 57.8 Å². The molecule has 0 heterocycles. The van der Waals surface area contributed by atoms with E-state index in [4.69, 9.17) is 0 Å². The van der Waals surface area contributed by atoms with E-state index in [1.807, 2.05) is 0 Å². The predicted octanol–water partition coefficient (Wildman–Crippen LogP) is 7.08. The molecule has 0 aliphatic rings. The second kappa shape index (κ2) is 11.8. The highest BCUT2D eigenvalue weighted by Crippen LogP contribution is 2.21. The van der Waals surface area contributed by atoms with Crippen LogP contribution in [0, 0.1) is 23.7 Å². The molecule has 0 rings (SSSR count). The van der Waals surface area contributed by atoms with E-state index in [-0.39, 0.29) is 0 Å². The fraction of sp³-hybridized carbons (Fsp3) is 1.00. The highest BCUT2D eigenvalue weighted by Gasteiger charge is 2.06. The highest BCUT2D eigenvalue weighted by atomic mass is 14.1. The lowest BCUT2D eigenvalue weighted by Crippen LogP contribution is -2.00. The summed E-state index contributed by atoms with van der Waals surface area (Å²) in [5.41, 5.74) is 0. The summed E-state index contributed by atoms with van der Waals surface area (Å²) in [4.78, 5) is 0. The van der Waals surface area contributed by atoms with Gasteiger partial charge in [0.1, 0.15) is 0 Å². The zero-order valence-electron chi connectivity index (χ0n) is 14.7. The number of hydrogen-bond donors (Lipinski definition) is 0. The molecule has 0 bridgehead atoms. The molecule has 0 saturated carbocycles. The van der Waals surface area contributed by atoms with Gasteiger partial charge in [-0.1, -0.05) is 99.3 Å². The standard InChI is InChI=1S/C19H40/c1-16(2)10-7-12-18(5)14-9-15-19(6)13-8-11-17(3)4/h16-19H,7-15H2,1-6H3/t18-,19-/m1/s1. The minimum atomic E-state index is 0.883. The van der Waals surface area contributed by atoms with Gasteiger partial charge in [-0.25, -0.2) is 0 Å². The van der Waals surface area contributed by atoms with Gasteiger partial charge >= 0.3 is 0 Å². The van der Waals surface area contributed by atoms with Crippen LogP contribution in [0.2, 0.25) is 0 Å². The van der Waals surface area contributed by atoms with Gasteiger partial charge in [0.25, 0.3) is 0 Å². The lowest BCUT2D eigenvalue weighted by atomic mass is 9.91. The first-order chi connectivity index (χ1) is 8.91. The van der Waals surface area contributed by atoms with Crippen LogP contribution in [-0.4, -0.2) is 0 Å². The van der Waals surface area contributed by atoms with Gasteiger partial charge in [-0.3, -0.25) is 0 Å². The van der Waals surface area contributed by atoms with Crippen molar-refractivity contribution in [2.24, 2.45) is 23.7 Å². The van der Waals surface area contributed by atoms with Crippen molar-refractivity contribution in [1.29, 1.82) is 0 Å². The molecule has 0 nitrogen and oxygen atoms in total. The first-order valence-corrected chi connectivity index (χ1v) is 8.91. The summed E-state index contributed by atoms with van der Waals surface area (Å²) in [7, 11) is 0. The molecule has 0 amide bonds. The van der Waals surface area contributed by atoms with Crippen molar-refractivity contribution in [3.8, 4) is 0 Å². The number of hydrogen-bond acceptors (Lipinski definition) is 0. The Bertz CT molecular complexity index is 160. The van der Waals surface area contributed by atoms with Gasteiger partial charge < -0.3 is 0 Å². The van der Waals surface area contributed by atoms with E-state index in [0.717, 1.165) is 23.7 Å². The van der Waals surface area contributed by atoms with Crippen molar-refractivity contribution in [2.45, 2.75) is 99.3 Å². The van der Waals surface area contributed by atoms with Crippen LogP contribution in [0.3, 0.4) is 0 Å². The van der Waals surface area contributed by atoms with Gasteiger partial charge in [-0.05, 0) is 23.7 Å². The van der Waals surface area contributed by atoms with Crippen molar-refractivity contribution in [3.63, 3.8) is 0 Å². The highest BCUT2D eigenvalue weighted by molar-refractivity contribution is 4.60. The molecule has 0 aromatic rings. The van der Waals surface area contributed by atoms with E-state index >= 15 is 0 Å². The molecule has 0 N–H and O–H groups in total. The molecule has 0 spiro atoms. The summed E-state index contributed by atoms with van der Waals surface area (Å²) in [6, 6.07) is 0.